The first-order valence-corrected chi connectivity index (χ1v) is 8.97. The molecule has 3 rings (SSSR count). The molecule has 0 aliphatic heterocycles. The number of ketones is 1. The molecule has 0 aliphatic carbocycles. The van der Waals surface area contributed by atoms with Gasteiger partial charge in [0.1, 0.15) is 0 Å². The van der Waals surface area contributed by atoms with E-state index in [4.69, 9.17) is 0 Å². The van der Waals surface area contributed by atoms with Gasteiger partial charge >= 0.3 is 0 Å². The van der Waals surface area contributed by atoms with Crippen molar-refractivity contribution in [2.24, 2.45) is 7.05 Å². The highest BCUT2D eigenvalue weighted by atomic mass is 32.2. The molecule has 0 saturated heterocycles. The summed E-state index contributed by atoms with van der Waals surface area (Å²) >= 11 is 1.40. The van der Waals surface area contributed by atoms with Crippen LogP contribution < -0.4 is 0 Å². The second-order valence-corrected chi connectivity index (χ2v) is 6.73. The zero-order valence-corrected chi connectivity index (χ0v) is 15.2. The molecule has 128 valence electrons. The number of rotatable bonds is 7. The van der Waals surface area contributed by atoms with Gasteiger partial charge < -0.3 is 4.57 Å². The lowest BCUT2D eigenvalue weighted by molar-refractivity contribution is 0.101. The summed E-state index contributed by atoms with van der Waals surface area (Å²) in [6.45, 7) is 6.46. The molecule has 0 unspecified atom stereocenters. The molecule has 0 fully saturated rings. The molecule has 0 aliphatic rings. The van der Waals surface area contributed by atoms with Crippen LogP contribution in [0, 0.1) is 6.92 Å². The molecule has 25 heavy (non-hydrogen) atoms. The van der Waals surface area contributed by atoms with Crippen LogP contribution in [0.5, 0.6) is 0 Å². The first-order valence-electron chi connectivity index (χ1n) is 7.98. The second-order valence-electron chi connectivity index (χ2n) is 5.79. The van der Waals surface area contributed by atoms with Gasteiger partial charge in [-0.3, -0.25) is 9.36 Å². The van der Waals surface area contributed by atoms with Gasteiger partial charge in [-0.1, -0.05) is 41.6 Å². The van der Waals surface area contributed by atoms with Crippen molar-refractivity contribution in [1.82, 2.24) is 19.3 Å². The van der Waals surface area contributed by atoms with Gasteiger partial charge in [0.05, 0.1) is 11.4 Å². The molecule has 0 radical (unpaired) electrons. The molecule has 0 spiro atoms. The maximum atomic E-state index is 12.4. The van der Waals surface area contributed by atoms with Crippen LogP contribution in [0.1, 0.15) is 16.1 Å². The molecule has 0 atom stereocenters. The van der Waals surface area contributed by atoms with Crippen molar-refractivity contribution in [2.75, 3.05) is 5.75 Å². The van der Waals surface area contributed by atoms with E-state index in [1.54, 1.807) is 0 Å². The number of hydrogen-bond donors (Lipinski definition) is 0. The number of aromatic nitrogens is 4. The summed E-state index contributed by atoms with van der Waals surface area (Å²) < 4.78 is 3.82. The molecule has 2 heterocycles. The Morgan fingerprint density at radius 1 is 1.28 bits per heavy atom. The van der Waals surface area contributed by atoms with Crippen LogP contribution in [-0.4, -0.2) is 30.9 Å². The van der Waals surface area contributed by atoms with E-state index in [1.165, 1.54) is 17.3 Å². The smallest absolute Gasteiger partial charge is 0.192 e. The standard InChI is InChI=1S/C19H20N4OS/c1-4-10-23-18(15-8-5-7-14(2)12-15)20-21-19(23)25-13-17(24)16-9-6-11-22(16)3/h4-9,11-12H,1,10,13H2,2-3H3. The van der Waals surface area contributed by atoms with Crippen molar-refractivity contribution in [1.29, 1.82) is 0 Å². The second kappa shape index (κ2) is 7.53. The number of carbonyl (C=O) groups is 1. The van der Waals surface area contributed by atoms with Gasteiger partial charge in [0.25, 0.3) is 0 Å². The maximum Gasteiger partial charge on any atom is 0.192 e. The third-order valence-corrected chi connectivity index (χ3v) is 4.83. The Hall–Kier alpha value is -2.60. The fourth-order valence-electron chi connectivity index (χ4n) is 2.64. The van der Waals surface area contributed by atoms with Crippen molar-refractivity contribution in [3.05, 3.63) is 66.5 Å². The Morgan fingerprint density at radius 3 is 2.80 bits per heavy atom. The summed E-state index contributed by atoms with van der Waals surface area (Å²) in [4.78, 5) is 12.4. The molecule has 6 heteroatoms. The Bertz CT molecular complexity index is 910. The number of benzene rings is 1. The summed E-state index contributed by atoms with van der Waals surface area (Å²) in [5, 5.41) is 9.34. The molecule has 2 aromatic heterocycles. The molecular formula is C19H20N4OS. The minimum absolute atomic E-state index is 0.0720. The Kier molecular flexibility index (Phi) is 5.19. The van der Waals surface area contributed by atoms with Crippen LogP contribution in [0.4, 0.5) is 0 Å². The van der Waals surface area contributed by atoms with Gasteiger partial charge in [-0.15, -0.1) is 16.8 Å². The van der Waals surface area contributed by atoms with Crippen LogP contribution in [0.2, 0.25) is 0 Å². The van der Waals surface area contributed by atoms with Crippen LogP contribution in [0.25, 0.3) is 11.4 Å². The average molecular weight is 352 g/mol. The van der Waals surface area contributed by atoms with E-state index in [0.29, 0.717) is 18.0 Å². The zero-order chi connectivity index (χ0) is 17.8. The number of allylic oxidation sites excluding steroid dienone is 1. The molecule has 3 aromatic rings. The van der Waals surface area contributed by atoms with Crippen molar-refractivity contribution >= 4 is 17.5 Å². The highest BCUT2D eigenvalue weighted by Crippen LogP contribution is 2.25. The molecular weight excluding hydrogens is 332 g/mol. The van der Waals surface area contributed by atoms with Gasteiger partial charge in [0, 0.05) is 25.4 Å². The van der Waals surface area contributed by atoms with Gasteiger partial charge in [0.15, 0.2) is 16.8 Å². The van der Waals surface area contributed by atoms with E-state index in [1.807, 2.05) is 65.7 Å². The van der Waals surface area contributed by atoms with Crippen molar-refractivity contribution in [3.8, 4) is 11.4 Å². The number of thioether (sulfide) groups is 1. The molecule has 5 nitrogen and oxygen atoms in total. The van der Waals surface area contributed by atoms with Crippen LogP contribution in [0.15, 0.2) is 60.4 Å². The number of hydrogen-bond acceptors (Lipinski definition) is 4. The summed E-state index contributed by atoms with van der Waals surface area (Å²) in [5.74, 6) is 1.18. The molecule has 0 amide bonds. The van der Waals surface area contributed by atoms with E-state index < -0.39 is 0 Å². The lowest BCUT2D eigenvalue weighted by atomic mass is 10.1. The minimum Gasteiger partial charge on any atom is -0.348 e. The number of nitrogens with zero attached hydrogens (tertiary/aromatic N) is 4. The lowest BCUT2D eigenvalue weighted by Gasteiger charge is -2.08. The van der Waals surface area contributed by atoms with E-state index in [2.05, 4.69) is 22.8 Å². The Labute approximate surface area is 151 Å². The average Bonchev–Trinajstić information content (AvgIpc) is 3.19. The monoisotopic (exact) mass is 352 g/mol. The zero-order valence-electron chi connectivity index (χ0n) is 14.3. The number of aryl methyl sites for hydroxylation is 2. The molecule has 1 aromatic carbocycles. The van der Waals surface area contributed by atoms with Gasteiger partial charge in [-0.2, -0.15) is 0 Å². The molecule has 0 bridgehead atoms. The van der Waals surface area contributed by atoms with E-state index in [9.17, 15) is 4.79 Å². The summed E-state index contributed by atoms with van der Waals surface area (Å²) in [6.07, 6.45) is 3.68. The molecule has 0 N–H and O–H groups in total. The SMILES string of the molecule is C=CCn1c(SCC(=O)c2cccn2C)nnc1-c1cccc(C)c1. The lowest BCUT2D eigenvalue weighted by Crippen LogP contribution is -2.09. The fraction of sp³-hybridized carbons (Fsp3) is 0.211. The van der Waals surface area contributed by atoms with Crippen LogP contribution >= 0.6 is 11.8 Å². The third kappa shape index (κ3) is 3.74. The third-order valence-electron chi connectivity index (χ3n) is 3.87. The Morgan fingerprint density at radius 2 is 2.12 bits per heavy atom. The van der Waals surface area contributed by atoms with E-state index in [-0.39, 0.29) is 5.78 Å². The fourth-order valence-corrected chi connectivity index (χ4v) is 3.47. The maximum absolute atomic E-state index is 12.4. The highest BCUT2D eigenvalue weighted by Gasteiger charge is 2.16. The van der Waals surface area contributed by atoms with Crippen LogP contribution in [0.3, 0.4) is 0 Å². The minimum atomic E-state index is 0.0720. The first-order chi connectivity index (χ1) is 12.1. The first kappa shape index (κ1) is 17.2. The van der Waals surface area contributed by atoms with Gasteiger partial charge in [-0.05, 0) is 25.1 Å². The topological polar surface area (TPSA) is 52.7 Å². The highest BCUT2D eigenvalue weighted by molar-refractivity contribution is 7.99. The van der Waals surface area contributed by atoms with Crippen LogP contribution in [-0.2, 0) is 13.6 Å². The van der Waals surface area contributed by atoms with Gasteiger partial charge in [0.2, 0.25) is 0 Å². The van der Waals surface area contributed by atoms with E-state index >= 15 is 0 Å². The predicted molar refractivity (Wildman–Crippen MR) is 101 cm³/mol. The summed E-state index contributed by atoms with van der Waals surface area (Å²) in [7, 11) is 1.87. The molecule has 0 saturated carbocycles. The van der Waals surface area contributed by atoms with Gasteiger partial charge in [-0.25, -0.2) is 0 Å². The van der Waals surface area contributed by atoms with Crippen molar-refractivity contribution < 1.29 is 4.79 Å². The predicted octanol–water partition coefficient (Wildman–Crippen LogP) is 3.75. The largest absolute Gasteiger partial charge is 0.348 e. The summed E-state index contributed by atoms with van der Waals surface area (Å²) in [6, 6.07) is 11.8. The normalized spacial score (nSPS) is 10.8. The quantitative estimate of drug-likeness (QED) is 0.369. The Balaban J connectivity index is 1.83. The van der Waals surface area contributed by atoms with Crippen molar-refractivity contribution in [2.45, 2.75) is 18.6 Å². The number of carbonyl (C=O) groups excluding carboxylic acids is 1. The van der Waals surface area contributed by atoms with Crippen molar-refractivity contribution in [3.63, 3.8) is 0 Å². The number of Topliss-reactive ketones (excluding diaryl/α,β-unsaturated/α-hetero) is 1. The summed E-state index contributed by atoms with van der Waals surface area (Å²) in [5.41, 5.74) is 2.87. The van der Waals surface area contributed by atoms with E-state index in [0.717, 1.165) is 16.5 Å².